The molecular weight excluding hydrogens is 324 g/mol. The van der Waals surface area contributed by atoms with E-state index >= 15 is 0 Å². The molecule has 106 valence electrons. The van der Waals surface area contributed by atoms with Crippen LogP contribution in [-0.4, -0.2) is 18.6 Å². The molecule has 1 aromatic carbocycles. The summed E-state index contributed by atoms with van der Waals surface area (Å²) in [6.45, 7) is 3.40. The van der Waals surface area contributed by atoms with Crippen molar-refractivity contribution in [2.75, 3.05) is 11.9 Å². The molecule has 0 aromatic heterocycles. The first-order valence-electron chi connectivity index (χ1n) is 7.10. The van der Waals surface area contributed by atoms with Gasteiger partial charge in [-0.15, -0.1) is 0 Å². The van der Waals surface area contributed by atoms with Gasteiger partial charge in [-0.1, -0.05) is 30.5 Å². The summed E-state index contributed by atoms with van der Waals surface area (Å²) >= 11 is 9.65. The molecule has 1 saturated heterocycles. The Balaban J connectivity index is 1.89. The molecule has 2 unspecified atom stereocenters. The molecule has 2 nitrogen and oxygen atoms in total. The third-order valence-corrected chi connectivity index (χ3v) is 5.05. The lowest BCUT2D eigenvalue weighted by atomic mass is 10.0. The molecule has 4 heteroatoms. The summed E-state index contributed by atoms with van der Waals surface area (Å²) in [6, 6.07) is 7.02. The van der Waals surface area contributed by atoms with Crippen molar-refractivity contribution in [3.05, 3.63) is 27.7 Å². The molecule has 2 atom stereocenters. The summed E-state index contributed by atoms with van der Waals surface area (Å²) in [6.07, 6.45) is 6.48. The van der Waals surface area contributed by atoms with Gasteiger partial charge in [-0.3, -0.25) is 0 Å². The van der Waals surface area contributed by atoms with Crippen LogP contribution in [0.5, 0.6) is 0 Å². The zero-order chi connectivity index (χ0) is 13.7. The van der Waals surface area contributed by atoms with Crippen molar-refractivity contribution < 1.29 is 0 Å². The van der Waals surface area contributed by atoms with Crippen molar-refractivity contribution in [1.82, 2.24) is 5.32 Å². The molecule has 0 amide bonds. The predicted octanol–water partition coefficient (Wildman–Crippen LogP) is 4.83. The number of anilines is 1. The van der Waals surface area contributed by atoms with Crippen LogP contribution in [0.1, 0.15) is 39.0 Å². The van der Waals surface area contributed by atoms with E-state index in [1.165, 1.54) is 25.7 Å². The van der Waals surface area contributed by atoms with Gasteiger partial charge in [-0.2, -0.15) is 0 Å². The number of hydrogen-bond donors (Lipinski definition) is 2. The smallest absolute Gasteiger partial charge is 0.0593 e. The van der Waals surface area contributed by atoms with Crippen molar-refractivity contribution in [2.45, 2.75) is 51.1 Å². The third kappa shape index (κ3) is 4.66. The Morgan fingerprint density at radius 3 is 3.11 bits per heavy atom. The summed E-state index contributed by atoms with van der Waals surface area (Å²) in [5, 5.41) is 7.95. The van der Waals surface area contributed by atoms with E-state index in [2.05, 4.69) is 39.6 Å². The van der Waals surface area contributed by atoms with Crippen molar-refractivity contribution in [1.29, 1.82) is 0 Å². The average Bonchev–Trinajstić information content (AvgIpc) is 2.63. The maximum Gasteiger partial charge on any atom is 0.0593 e. The Morgan fingerprint density at radius 1 is 1.42 bits per heavy atom. The highest BCUT2D eigenvalue weighted by Crippen LogP contribution is 2.30. The highest BCUT2D eigenvalue weighted by atomic mass is 79.9. The quantitative estimate of drug-likeness (QED) is 0.817. The highest BCUT2D eigenvalue weighted by molar-refractivity contribution is 9.10. The van der Waals surface area contributed by atoms with Gasteiger partial charge in [0.1, 0.15) is 0 Å². The second-order valence-electron chi connectivity index (χ2n) is 5.38. The lowest BCUT2D eigenvalue weighted by Crippen LogP contribution is -2.33. The van der Waals surface area contributed by atoms with Crippen LogP contribution in [0.25, 0.3) is 0 Å². The van der Waals surface area contributed by atoms with Gasteiger partial charge in [0.2, 0.25) is 0 Å². The molecule has 1 fully saturated rings. The van der Waals surface area contributed by atoms with Gasteiger partial charge in [-0.05, 0) is 60.8 Å². The molecule has 0 radical (unpaired) electrons. The van der Waals surface area contributed by atoms with E-state index < -0.39 is 0 Å². The Bertz CT molecular complexity index is 403. The number of hydrogen-bond acceptors (Lipinski definition) is 2. The van der Waals surface area contributed by atoms with Crippen molar-refractivity contribution in [3.63, 3.8) is 0 Å². The van der Waals surface area contributed by atoms with E-state index in [4.69, 9.17) is 11.6 Å². The summed E-state index contributed by atoms with van der Waals surface area (Å²) in [5.74, 6) is 0. The molecule has 0 bridgehead atoms. The van der Waals surface area contributed by atoms with Crippen LogP contribution in [0, 0.1) is 0 Å². The van der Waals surface area contributed by atoms with Crippen molar-refractivity contribution >= 4 is 33.2 Å². The second kappa shape index (κ2) is 7.51. The van der Waals surface area contributed by atoms with E-state index in [1.807, 2.05) is 12.1 Å². The molecule has 2 N–H and O–H groups in total. The number of rotatable bonds is 4. The normalized spacial score (nSPS) is 21.7. The Morgan fingerprint density at radius 2 is 2.26 bits per heavy atom. The van der Waals surface area contributed by atoms with Gasteiger partial charge in [0.15, 0.2) is 0 Å². The molecular formula is C15H22BrClN2. The summed E-state index contributed by atoms with van der Waals surface area (Å²) in [4.78, 5) is 0. The topological polar surface area (TPSA) is 24.1 Å². The average molecular weight is 346 g/mol. The van der Waals surface area contributed by atoms with E-state index in [-0.39, 0.29) is 0 Å². The van der Waals surface area contributed by atoms with Crippen molar-refractivity contribution in [2.24, 2.45) is 0 Å². The molecule has 0 aliphatic carbocycles. The molecule has 1 aliphatic heterocycles. The maximum atomic E-state index is 6.11. The van der Waals surface area contributed by atoms with Crippen LogP contribution in [0.2, 0.25) is 5.02 Å². The Labute approximate surface area is 129 Å². The Kier molecular flexibility index (Phi) is 5.99. The van der Waals surface area contributed by atoms with E-state index in [1.54, 1.807) is 0 Å². The van der Waals surface area contributed by atoms with Gasteiger partial charge < -0.3 is 10.6 Å². The summed E-state index contributed by atoms with van der Waals surface area (Å²) < 4.78 is 0.956. The molecule has 0 saturated carbocycles. The zero-order valence-electron chi connectivity index (χ0n) is 11.4. The molecule has 1 heterocycles. The van der Waals surface area contributed by atoms with Gasteiger partial charge in [0, 0.05) is 12.1 Å². The van der Waals surface area contributed by atoms with Gasteiger partial charge in [-0.25, -0.2) is 0 Å². The van der Waals surface area contributed by atoms with Gasteiger partial charge in [0.25, 0.3) is 0 Å². The SMILES string of the molecule is CC(CC1CCCCCN1)Nc1cccc(Cl)c1Br. The number of benzene rings is 1. The minimum Gasteiger partial charge on any atom is -0.382 e. The Hall–Kier alpha value is -0.250. The first kappa shape index (κ1) is 15.1. The lowest BCUT2D eigenvalue weighted by molar-refractivity contribution is 0.456. The van der Waals surface area contributed by atoms with Gasteiger partial charge >= 0.3 is 0 Å². The monoisotopic (exact) mass is 344 g/mol. The molecule has 2 rings (SSSR count). The van der Waals surface area contributed by atoms with Crippen molar-refractivity contribution in [3.8, 4) is 0 Å². The summed E-state index contributed by atoms with van der Waals surface area (Å²) in [7, 11) is 0. The first-order chi connectivity index (χ1) is 9.16. The van der Waals surface area contributed by atoms with Crippen LogP contribution in [-0.2, 0) is 0 Å². The maximum absolute atomic E-state index is 6.11. The van der Waals surface area contributed by atoms with Crippen LogP contribution in [0.15, 0.2) is 22.7 Å². The van der Waals surface area contributed by atoms with Crippen LogP contribution in [0.3, 0.4) is 0 Å². The molecule has 1 aromatic rings. The zero-order valence-corrected chi connectivity index (χ0v) is 13.7. The van der Waals surface area contributed by atoms with E-state index in [0.717, 1.165) is 28.1 Å². The minimum atomic E-state index is 0.436. The van der Waals surface area contributed by atoms with E-state index in [9.17, 15) is 0 Å². The summed E-state index contributed by atoms with van der Waals surface area (Å²) in [5.41, 5.74) is 1.08. The minimum absolute atomic E-state index is 0.436. The fourth-order valence-electron chi connectivity index (χ4n) is 2.67. The van der Waals surface area contributed by atoms with Crippen LogP contribution >= 0.6 is 27.5 Å². The standard InChI is InChI=1S/C15H22BrClN2/c1-11(10-12-6-3-2-4-9-18-12)19-14-8-5-7-13(17)15(14)16/h5,7-8,11-12,18-19H,2-4,6,9-10H2,1H3. The lowest BCUT2D eigenvalue weighted by Gasteiger charge is -2.23. The van der Waals surface area contributed by atoms with Crippen LogP contribution < -0.4 is 10.6 Å². The highest BCUT2D eigenvalue weighted by Gasteiger charge is 2.15. The van der Waals surface area contributed by atoms with Crippen LogP contribution in [0.4, 0.5) is 5.69 Å². The third-order valence-electron chi connectivity index (χ3n) is 3.65. The predicted molar refractivity (Wildman–Crippen MR) is 87.1 cm³/mol. The molecule has 0 spiro atoms. The van der Waals surface area contributed by atoms with Gasteiger partial charge in [0.05, 0.1) is 15.2 Å². The first-order valence-corrected chi connectivity index (χ1v) is 8.28. The number of nitrogens with one attached hydrogen (secondary N) is 2. The largest absolute Gasteiger partial charge is 0.382 e. The fourth-order valence-corrected chi connectivity index (χ4v) is 3.22. The molecule has 1 aliphatic rings. The number of halogens is 2. The van der Waals surface area contributed by atoms with E-state index in [0.29, 0.717) is 12.1 Å². The fraction of sp³-hybridized carbons (Fsp3) is 0.600. The molecule has 19 heavy (non-hydrogen) atoms. The second-order valence-corrected chi connectivity index (χ2v) is 6.58.